The summed E-state index contributed by atoms with van der Waals surface area (Å²) in [4.78, 5) is 25.6. The van der Waals surface area contributed by atoms with Crippen molar-refractivity contribution in [2.24, 2.45) is 11.3 Å². The number of hydrogen-bond donors (Lipinski definition) is 2. The van der Waals surface area contributed by atoms with Gasteiger partial charge in [-0.15, -0.1) is 5.10 Å². The Balaban J connectivity index is 1.73. The summed E-state index contributed by atoms with van der Waals surface area (Å²) in [7, 11) is 1.44. The van der Waals surface area contributed by atoms with E-state index in [2.05, 4.69) is 15.5 Å². The van der Waals surface area contributed by atoms with Crippen LogP contribution in [0.25, 0.3) is 0 Å². The van der Waals surface area contributed by atoms with Gasteiger partial charge in [-0.1, -0.05) is 6.42 Å². The number of aromatic nitrogens is 2. The van der Waals surface area contributed by atoms with Crippen molar-refractivity contribution >= 4 is 17.7 Å². The second kappa shape index (κ2) is 5.43. The molecule has 3 rings (SSSR count). The number of nitrogens with zero attached hydrogens (tertiary/aromatic N) is 3. The number of likely N-dealkylation sites (tertiary alicyclic amines) is 1. The summed E-state index contributed by atoms with van der Waals surface area (Å²) < 4.78 is 5.04. The van der Waals surface area contributed by atoms with Gasteiger partial charge in [-0.2, -0.15) is 5.10 Å². The van der Waals surface area contributed by atoms with E-state index in [0.29, 0.717) is 18.7 Å². The van der Waals surface area contributed by atoms with E-state index >= 15 is 0 Å². The highest BCUT2D eigenvalue weighted by Gasteiger charge is 2.55. The highest BCUT2D eigenvalue weighted by Crippen LogP contribution is 2.48. The van der Waals surface area contributed by atoms with Crippen LogP contribution in [0.5, 0.6) is 5.88 Å². The molecule has 8 heteroatoms. The van der Waals surface area contributed by atoms with Crippen LogP contribution in [0.4, 0.5) is 10.5 Å². The third-order valence-corrected chi connectivity index (χ3v) is 4.71. The molecule has 8 nitrogen and oxygen atoms in total. The summed E-state index contributed by atoms with van der Waals surface area (Å²) in [6, 6.07) is 1.26. The molecular formula is C14H18N4O4. The molecule has 2 N–H and O–H groups in total. The molecule has 0 spiro atoms. The van der Waals surface area contributed by atoms with Gasteiger partial charge in [0.25, 0.3) is 5.88 Å². The minimum absolute atomic E-state index is 0.0354. The highest BCUT2D eigenvalue weighted by atomic mass is 16.5. The summed E-state index contributed by atoms with van der Waals surface area (Å²) in [5.74, 6) is -0.537. The number of carbonyl (C=O) groups excluding carboxylic acids is 1. The fourth-order valence-corrected chi connectivity index (χ4v) is 3.55. The Morgan fingerprint density at radius 2 is 2.36 bits per heavy atom. The van der Waals surface area contributed by atoms with Gasteiger partial charge >= 0.3 is 12.0 Å². The maximum absolute atomic E-state index is 12.4. The lowest BCUT2D eigenvalue weighted by Gasteiger charge is -2.23. The van der Waals surface area contributed by atoms with E-state index in [1.54, 1.807) is 11.0 Å². The van der Waals surface area contributed by atoms with Gasteiger partial charge < -0.3 is 20.1 Å². The number of hydrogen-bond acceptors (Lipinski definition) is 5. The van der Waals surface area contributed by atoms with E-state index in [0.717, 1.165) is 12.8 Å². The van der Waals surface area contributed by atoms with Crippen LogP contribution in [0.15, 0.2) is 12.3 Å². The standard InChI is InChI=1S/C14H18N4O4/c1-22-11-10(4-6-15-17-11)16-13(21)18-7-9-3-2-5-14(9,8-18)12(19)20/h4,6,9H,2-3,5,7-8H2,1H3,(H,19,20)(H,15,16,21)/t9-,14+/m0/s1. The van der Waals surface area contributed by atoms with Crippen molar-refractivity contribution in [2.45, 2.75) is 19.3 Å². The average Bonchev–Trinajstić information content (AvgIpc) is 3.05. The number of rotatable bonds is 3. The first kappa shape index (κ1) is 14.6. The van der Waals surface area contributed by atoms with Crippen molar-refractivity contribution in [3.05, 3.63) is 12.3 Å². The fraction of sp³-hybridized carbons (Fsp3) is 0.571. The number of methoxy groups -OCH3 is 1. The SMILES string of the molecule is COc1nnccc1NC(=O)N1C[C@@H]2CCC[C@@]2(C(=O)O)C1. The zero-order valence-corrected chi connectivity index (χ0v) is 12.3. The molecular weight excluding hydrogens is 288 g/mol. The highest BCUT2D eigenvalue weighted by molar-refractivity contribution is 5.91. The quantitative estimate of drug-likeness (QED) is 0.869. The molecule has 118 valence electrons. The number of nitrogens with one attached hydrogen (secondary N) is 1. The normalized spacial score (nSPS) is 26.6. The molecule has 1 aliphatic heterocycles. The number of anilines is 1. The van der Waals surface area contributed by atoms with Crippen LogP contribution < -0.4 is 10.1 Å². The fourth-order valence-electron chi connectivity index (χ4n) is 3.55. The van der Waals surface area contributed by atoms with E-state index in [1.807, 2.05) is 0 Å². The van der Waals surface area contributed by atoms with Crippen molar-refractivity contribution in [1.82, 2.24) is 15.1 Å². The molecule has 0 aromatic carbocycles. The minimum atomic E-state index is -0.798. The minimum Gasteiger partial charge on any atom is -0.481 e. The molecule has 0 unspecified atom stereocenters. The number of carboxylic acid groups (broad SMARTS) is 1. The van der Waals surface area contributed by atoms with Crippen LogP contribution in [0.3, 0.4) is 0 Å². The van der Waals surface area contributed by atoms with Crippen LogP contribution in [-0.2, 0) is 4.79 Å². The van der Waals surface area contributed by atoms with E-state index in [4.69, 9.17) is 4.74 Å². The summed E-state index contributed by atoms with van der Waals surface area (Å²) >= 11 is 0. The van der Waals surface area contributed by atoms with Crippen LogP contribution in [0.1, 0.15) is 19.3 Å². The molecule has 22 heavy (non-hydrogen) atoms. The first-order valence-corrected chi connectivity index (χ1v) is 7.22. The lowest BCUT2D eigenvalue weighted by molar-refractivity contribution is -0.149. The molecule has 0 radical (unpaired) electrons. The smallest absolute Gasteiger partial charge is 0.322 e. The first-order valence-electron chi connectivity index (χ1n) is 7.22. The Morgan fingerprint density at radius 3 is 3.05 bits per heavy atom. The van der Waals surface area contributed by atoms with Gasteiger partial charge in [0.05, 0.1) is 18.7 Å². The Hall–Kier alpha value is -2.38. The molecule has 2 atom stereocenters. The van der Waals surface area contributed by atoms with Crippen LogP contribution in [0.2, 0.25) is 0 Å². The molecule has 0 bridgehead atoms. The summed E-state index contributed by atoms with van der Waals surface area (Å²) in [5, 5.41) is 19.7. The van der Waals surface area contributed by atoms with Gasteiger partial charge in [-0.05, 0) is 24.8 Å². The largest absolute Gasteiger partial charge is 0.481 e. The molecule has 2 aliphatic rings. The molecule has 2 heterocycles. The summed E-state index contributed by atoms with van der Waals surface area (Å²) in [6.07, 6.45) is 3.86. The third kappa shape index (κ3) is 2.24. The van der Waals surface area contributed by atoms with Crippen LogP contribution in [-0.4, -0.2) is 52.4 Å². The number of carbonyl (C=O) groups is 2. The molecule has 1 saturated carbocycles. The van der Waals surface area contributed by atoms with Gasteiger partial charge in [0, 0.05) is 13.1 Å². The molecule has 1 aromatic rings. The number of ether oxygens (including phenoxy) is 1. The predicted molar refractivity (Wildman–Crippen MR) is 76.6 cm³/mol. The topological polar surface area (TPSA) is 105 Å². The van der Waals surface area contributed by atoms with Gasteiger partial charge in [-0.25, -0.2) is 4.79 Å². The molecule has 1 saturated heterocycles. The van der Waals surface area contributed by atoms with Crippen molar-refractivity contribution < 1.29 is 19.4 Å². The lowest BCUT2D eigenvalue weighted by atomic mass is 9.81. The van der Waals surface area contributed by atoms with Gasteiger partial charge in [0.2, 0.25) is 0 Å². The van der Waals surface area contributed by atoms with Gasteiger partial charge in [0.15, 0.2) is 0 Å². The first-order chi connectivity index (χ1) is 10.6. The van der Waals surface area contributed by atoms with Gasteiger partial charge in [-0.3, -0.25) is 4.79 Å². The molecule has 1 aliphatic carbocycles. The zero-order chi connectivity index (χ0) is 15.7. The zero-order valence-electron chi connectivity index (χ0n) is 12.3. The van der Waals surface area contributed by atoms with Crippen molar-refractivity contribution in [1.29, 1.82) is 0 Å². The molecule has 2 fully saturated rings. The number of urea groups is 1. The number of carboxylic acids is 1. The predicted octanol–water partition coefficient (Wildman–Crippen LogP) is 1.20. The second-order valence-electron chi connectivity index (χ2n) is 5.82. The second-order valence-corrected chi connectivity index (χ2v) is 5.82. The maximum Gasteiger partial charge on any atom is 0.322 e. The Kier molecular flexibility index (Phi) is 3.59. The van der Waals surface area contributed by atoms with E-state index in [-0.39, 0.29) is 24.4 Å². The maximum atomic E-state index is 12.4. The third-order valence-electron chi connectivity index (χ3n) is 4.71. The Labute approximate surface area is 127 Å². The van der Waals surface area contributed by atoms with E-state index in [9.17, 15) is 14.7 Å². The number of aliphatic carboxylic acids is 1. The Bertz CT molecular complexity index is 608. The van der Waals surface area contributed by atoms with Crippen molar-refractivity contribution in [2.75, 3.05) is 25.5 Å². The summed E-state index contributed by atoms with van der Waals surface area (Å²) in [5.41, 5.74) is -0.360. The molecule has 2 amide bonds. The van der Waals surface area contributed by atoms with Crippen LogP contribution >= 0.6 is 0 Å². The molecule has 1 aromatic heterocycles. The van der Waals surface area contributed by atoms with Crippen LogP contribution in [0, 0.1) is 11.3 Å². The van der Waals surface area contributed by atoms with E-state index in [1.165, 1.54) is 13.3 Å². The monoisotopic (exact) mass is 306 g/mol. The Morgan fingerprint density at radius 1 is 1.55 bits per heavy atom. The number of fused-ring (bicyclic) bond motifs is 1. The van der Waals surface area contributed by atoms with Crippen molar-refractivity contribution in [3.8, 4) is 5.88 Å². The van der Waals surface area contributed by atoms with Gasteiger partial charge in [0.1, 0.15) is 5.69 Å². The van der Waals surface area contributed by atoms with E-state index < -0.39 is 11.4 Å². The lowest BCUT2D eigenvalue weighted by Crippen LogP contribution is -2.38. The summed E-state index contributed by atoms with van der Waals surface area (Å²) in [6.45, 7) is 0.721. The number of amides is 2. The average molecular weight is 306 g/mol. The van der Waals surface area contributed by atoms with Crippen molar-refractivity contribution in [3.63, 3.8) is 0 Å².